The van der Waals surface area contributed by atoms with Gasteiger partial charge < -0.3 is 0 Å². The van der Waals surface area contributed by atoms with Crippen LogP contribution in [0.25, 0.3) is 0 Å². The van der Waals surface area contributed by atoms with E-state index in [1.807, 2.05) is 12.1 Å². The Morgan fingerprint density at radius 3 is 3.14 bits per heavy atom. The highest BCUT2D eigenvalue weighted by molar-refractivity contribution is 5.43. The molecule has 0 bridgehead atoms. The molecule has 0 atom stereocenters. The van der Waals surface area contributed by atoms with Crippen LogP contribution in [0.1, 0.15) is 11.1 Å². The van der Waals surface area contributed by atoms with Gasteiger partial charge in [-0.2, -0.15) is 0 Å². The minimum atomic E-state index is 1.19. The van der Waals surface area contributed by atoms with Crippen molar-refractivity contribution in [2.45, 2.75) is 6.42 Å². The summed E-state index contributed by atoms with van der Waals surface area (Å²) in [6.45, 7) is 0. The molecule has 1 aromatic rings. The van der Waals surface area contributed by atoms with Gasteiger partial charge in [-0.3, -0.25) is 0 Å². The summed E-state index contributed by atoms with van der Waals surface area (Å²) < 4.78 is 0. The van der Waals surface area contributed by atoms with Gasteiger partial charge in [0.1, 0.15) is 0 Å². The van der Waals surface area contributed by atoms with Gasteiger partial charge in [0.05, 0.1) is 0 Å². The topological polar surface area (TPSA) is 0 Å². The van der Waals surface area contributed by atoms with E-state index in [4.69, 9.17) is 0 Å². The molecule has 2 rings (SSSR count). The molecule has 0 heterocycles. The lowest BCUT2D eigenvalue weighted by atomic mass is 10.4. The molecule has 0 amide bonds. The maximum atomic E-state index is 3.12. The molecule has 0 spiro atoms. The Hall–Kier alpha value is -0.780. The van der Waals surface area contributed by atoms with E-state index in [0.29, 0.717) is 0 Å². The van der Waals surface area contributed by atoms with Crippen molar-refractivity contribution in [3.63, 3.8) is 0 Å². The Kier molecular flexibility index (Phi) is 0.413. The molecule has 33 valence electrons. The predicted octanol–water partition coefficient (Wildman–Crippen LogP) is 1.39. The lowest BCUT2D eigenvalue weighted by molar-refractivity contribution is 1.60. The minimum Gasteiger partial charge on any atom is -0.0613 e. The summed E-state index contributed by atoms with van der Waals surface area (Å²) in [5, 5.41) is 0. The molecule has 0 fully saturated rings. The van der Waals surface area contributed by atoms with Crippen LogP contribution in [0, 0.1) is 6.07 Å². The van der Waals surface area contributed by atoms with Crippen molar-refractivity contribution in [2.24, 2.45) is 0 Å². The highest BCUT2D eigenvalue weighted by Gasteiger charge is 2.12. The quantitative estimate of drug-likeness (QED) is 0.457. The van der Waals surface area contributed by atoms with Crippen LogP contribution < -0.4 is 0 Å². The number of hydrogen-bond donors (Lipinski definition) is 0. The van der Waals surface area contributed by atoms with Crippen molar-refractivity contribution in [2.75, 3.05) is 0 Å². The van der Waals surface area contributed by atoms with E-state index in [1.165, 1.54) is 17.5 Å². The Morgan fingerprint density at radius 2 is 2.57 bits per heavy atom. The van der Waals surface area contributed by atoms with Crippen LogP contribution in [-0.4, -0.2) is 0 Å². The molecule has 0 N–H and O–H groups in total. The van der Waals surface area contributed by atoms with Crippen LogP contribution in [0.2, 0.25) is 0 Å². The SMILES string of the molecule is [c]1cccc2c1C2. The van der Waals surface area contributed by atoms with Crippen molar-refractivity contribution in [1.29, 1.82) is 0 Å². The van der Waals surface area contributed by atoms with Crippen LogP contribution in [0.15, 0.2) is 18.2 Å². The number of fused-ring (bicyclic) bond motifs is 1. The van der Waals surface area contributed by atoms with Gasteiger partial charge in [0, 0.05) is 0 Å². The number of rotatable bonds is 0. The third-order valence-electron chi connectivity index (χ3n) is 1.28. The fourth-order valence-electron chi connectivity index (χ4n) is 0.762. The van der Waals surface area contributed by atoms with E-state index >= 15 is 0 Å². The molecule has 0 aromatic heterocycles. The molecule has 7 heavy (non-hydrogen) atoms. The molecule has 0 heteroatoms. The van der Waals surface area contributed by atoms with Gasteiger partial charge in [-0.25, -0.2) is 0 Å². The van der Waals surface area contributed by atoms with Crippen molar-refractivity contribution in [1.82, 2.24) is 0 Å². The maximum Gasteiger partial charge on any atom is -0.00137 e. The monoisotopic (exact) mass is 89.0 g/mol. The molecule has 1 aromatic carbocycles. The average Bonchev–Trinajstić information content (AvgIpc) is 2.41. The first-order chi connectivity index (χ1) is 3.47. The summed E-state index contributed by atoms with van der Waals surface area (Å²) in [5.41, 5.74) is 2.88. The van der Waals surface area contributed by atoms with Crippen LogP contribution in [-0.2, 0) is 6.42 Å². The molecule has 0 saturated heterocycles. The van der Waals surface area contributed by atoms with Crippen LogP contribution in [0.5, 0.6) is 0 Å². The molecule has 1 aliphatic carbocycles. The molecular formula is C7H5. The van der Waals surface area contributed by atoms with E-state index in [2.05, 4.69) is 12.1 Å². The zero-order chi connectivity index (χ0) is 4.69. The summed E-state index contributed by atoms with van der Waals surface area (Å²) in [6.07, 6.45) is 1.19. The van der Waals surface area contributed by atoms with Crippen molar-refractivity contribution < 1.29 is 0 Å². The first kappa shape index (κ1) is 3.25. The Balaban J connectivity index is 2.73. The second-order valence-corrected chi connectivity index (χ2v) is 1.85. The van der Waals surface area contributed by atoms with Gasteiger partial charge in [0.2, 0.25) is 0 Å². The summed E-state index contributed by atoms with van der Waals surface area (Å²) >= 11 is 0. The zero-order valence-electron chi connectivity index (χ0n) is 3.94. The summed E-state index contributed by atoms with van der Waals surface area (Å²) in [5.74, 6) is 0. The maximum absolute atomic E-state index is 3.12. The second-order valence-electron chi connectivity index (χ2n) is 1.85. The van der Waals surface area contributed by atoms with Crippen molar-refractivity contribution >= 4 is 0 Å². The van der Waals surface area contributed by atoms with Gasteiger partial charge in [-0.05, 0) is 23.6 Å². The first-order valence-corrected chi connectivity index (χ1v) is 2.45. The van der Waals surface area contributed by atoms with Gasteiger partial charge in [-0.1, -0.05) is 18.2 Å². The van der Waals surface area contributed by atoms with E-state index in [1.54, 1.807) is 0 Å². The molecule has 0 saturated carbocycles. The van der Waals surface area contributed by atoms with E-state index in [-0.39, 0.29) is 0 Å². The summed E-state index contributed by atoms with van der Waals surface area (Å²) in [6, 6.07) is 9.27. The van der Waals surface area contributed by atoms with Crippen LogP contribution in [0.4, 0.5) is 0 Å². The lowest BCUT2D eigenvalue weighted by Crippen LogP contribution is -1.49. The molecule has 0 unspecified atom stereocenters. The average molecular weight is 89.1 g/mol. The summed E-state index contributed by atoms with van der Waals surface area (Å²) in [4.78, 5) is 0. The van der Waals surface area contributed by atoms with Crippen LogP contribution >= 0.6 is 0 Å². The highest BCUT2D eigenvalue weighted by atomic mass is 14.2. The zero-order valence-corrected chi connectivity index (χ0v) is 3.94. The Morgan fingerprint density at radius 1 is 1.57 bits per heavy atom. The van der Waals surface area contributed by atoms with E-state index < -0.39 is 0 Å². The van der Waals surface area contributed by atoms with Gasteiger partial charge >= 0.3 is 0 Å². The second kappa shape index (κ2) is 0.890. The van der Waals surface area contributed by atoms with E-state index in [9.17, 15) is 0 Å². The Bertz CT molecular complexity index is 168. The fraction of sp³-hybridized carbons (Fsp3) is 0.143. The van der Waals surface area contributed by atoms with Gasteiger partial charge in [0.25, 0.3) is 0 Å². The molecular weight excluding hydrogens is 84.1 g/mol. The third-order valence-corrected chi connectivity index (χ3v) is 1.28. The Labute approximate surface area is 42.8 Å². The normalized spacial score (nSPS) is 13.1. The third kappa shape index (κ3) is 0.362. The number of hydrogen-bond acceptors (Lipinski definition) is 0. The van der Waals surface area contributed by atoms with Crippen LogP contribution in [0.3, 0.4) is 0 Å². The number of benzene rings is 1. The standard InChI is InChI=1S/C7H5/c1-2-4-7-5-6(7)3-1/h1-3H,5H2. The smallest absolute Gasteiger partial charge is 0.00137 e. The van der Waals surface area contributed by atoms with Gasteiger partial charge in [0.15, 0.2) is 0 Å². The molecule has 0 nitrogen and oxygen atoms in total. The molecule has 1 aliphatic rings. The largest absolute Gasteiger partial charge is 0.0613 e. The fourth-order valence-corrected chi connectivity index (χ4v) is 0.762. The van der Waals surface area contributed by atoms with Crippen molar-refractivity contribution in [3.05, 3.63) is 35.4 Å². The summed E-state index contributed by atoms with van der Waals surface area (Å²) in [7, 11) is 0. The highest BCUT2D eigenvalue weighted by Crippen LogP contribution is 2.24. The molecule has 1 radical (unpaired) electrons. The van der Waals surface area contributed by atoms with E-state index in [0.717, 1.165) is 0 Å². The predicted molar refractivity (Wildman–Crippen MR) is 28.1 cm³/mol. The molecule has 0 aliphatic heterocycles. The van der Waals surface area contributed by atoms with Crippen molar-refractivity contribution in [3.8, 4) is 0 Å². The first-order valence-electron chi connectivity index (χ1n) is 2.45. The van der Waals surface area contributed by atoms with Gasteiger partial charge in [-0.15, -0.1) is 0 Å². The minimum absolute atomic E-state index is 1.19. The lowest BCUT2D eigenvalue weighted by Gasteiger charge is -1.68.